The number of aryl methyl sites for hydroxylation is 1. The average Bonchev–Trinajstić information content (AvgIpc) is 3.04. The number of amides is 1. The molecule has 0 spiro atoms. The predicted molar refractivity (Wildman–Crippen MR) is 62.5 cm³/mol. The molecule has 0 saturated heterocycles. The lowest BCUT2D eigenvalue weighted by Gasteiger charge is -2.07. The highest BCUT2D eigenvalue weighted by molar-refractivity contribution is 5.92. The smallest absolute Gasteiger partial charge is 0.238 e. The third-order valence-electron chi connectivity index (χ3n) is 2.61. The molecule has 16 heavy (non-hydrogen) atoms. The van der Waals surface area contributed by atoms with E-state index in [1.54, 1.807) is 25.1 Å². The van der Waals surface area contributed by atoms with Gasteiger partial charge in [-0.2, -0.15) is 0 Å². The minimum Gasteiger partial charge on any atom is -0.508 e. The van der Waals surface area contributed by atoms with Gasteiger partial charge >= 0.3 is 0 Å². The highest BCUT2D eigenvalue weighted by atomic mass is 16.3. The highest BCUT2D eigenvalue weighted by Gasteiger charge is 2.21. The van der Waals surface area contributed by atoms with Crippen LogP contribution in [-0.2, 0) is 4.79 Å². The molecule has 4 nitrogen and oxygen atoms in total. The Balaban J connectivity index is 1.86. The number of phenols is 1. The third-order valence-corrected chi connectivity index (χ3v) is 2.61. The van der Waals surface area contributed by atoms with Crippen LogP contribution < -0.4 is 10.6 Å². The SMILES string of the molecule is Cc1cc(NC(=O)CNC2CC2)ccc1O. The Morgan fingerprint density at radius 3 is 2.88 bits per heavy atom. The van der Waals surface area contributed by atoms with E-state index in [1.807, 2.05) is 0 Å². The molecular formula is C12H16N2O2. The topological polar surface area (TPSA) is 61.4 Å². The van der Waals surface area contributed by atoms with E-state index >= 15 is 0 Å². The van der Waals surface area contributed by atoms with Gasteiger partial charge < -0.3 is 15.7 Å². The Morgan fingerprint density at radius 2 is 2.25 bits per heavy atom. The molecule has 1 aromatic carbocycles. The van der Waals surface area contributed by atoms with Gasteiger partial charge in [-0.3, -0.25) is 4.79 Å². The zero-order chi connectivity index (χ0) is 11.5. The molecule has 0 atom stereocenters. The number of phenolic OH excluding ortho intramolecular Hbond substituents is 1. The molecule has 1 aliphatic rings. The fraction of sp³-hybridized carbons (Fsp3) is 0.417. The van der Waals surface area contributed by atoms with Crippen LogP contribution in [0.1, 0.15) is 18.4 Å². The van der Waals surface area contributed by atoms with E-state index in [-0.39, 0.29) is 11.7 Å². The quantitative estimate of drug-likeness (QED) is 0.672. The Morgan fingerprint density at radius 1 is 1.50 bits per heavy atom. The number of anilines is 1. The highest BCUT2D eigenvalue weighted by Crippen LogP contribution is 2.20. The maximum Gasteiger partial charge on any atom is 0.238 e. The van der Waals surface area contributed by atoms with Crippen molar-refractivity contribution in [2.24, 2.45) is 0 Å². The maximum absolute atomic E-state index is 11.5. The number of hydrogen-bond acceptors (Lipinski definition) is 3. The minimum atomic E-state index is -0.0445. The van der Waals surface area contributed by atoms with Crippen molar-refractivity contribution < 1.29 is 9.90 Å². The summed E-state index contributed by atoms with van der Waals surface area (Å²) < 4.78 is 0. The summed E-state index contributed by atoms with van der Waals surface area (Å²) in [5.74, 6) is 0.200. The van der Waals surface area contributed by atoms with E-state index in [9.17, 15) is 9.90 Å². The Labute approximate surface area is 94.7 Å². The van der Waals surface area contributed by atoms with E-state index in [1.165, 1.54) is 12.8 Å². The van der Waals surface area contributed by atoms with Gasteiger partial charge in [-0.25, -0.2) is 0 Å². The van der Waals surface area contributed by atoms with Gasteiger partial charge in [0.05, 0.1) is 6.54 Å². The molecule has 2 rings (SSSR count). The summed E-state index contributed by atoms with van der Waals surface area (Å²) in [7, 11) is 0. The molecule has 0 aromatic heterocycles. The summed E-state index contributed by atoms with van der Waals surface area (Å²) in [4.78, 5) is 11.5. The summed E-state index contributed by atoms with van der Waals surface area (Å²) in [5, 5.41) is 15.3. The van der Waals surface area contributed by atoms with Crippen LogP contribution >= 0.6 is 0 Å². The number of hydrogen-bond donors (Lipinski definition) is 3. The van der Waals surface area contributed by atoms with Gasteiger partial charge in [-0.05, 0) is 43.5 Å². The molecule has 0 aliphatic heterocycles. The molecule has 1 saturated carbocycles. The molecule has 0 radical (unpaired) electrons. The van der Waals surface area contributed by atoms with Crippen molar-refractivity contribution in [3.05, 3.63) is 23.8 Å². The van der Waals surface area contributed by atoms with Crippen LogP contribution in [0, 0.1) is 6.92 Å². The first kappa shape index (κ1) is 11.0. The molecule has 3 N–H and O–H groups in total. The van der Waals surface area contributed by atoms with Gasteiger partial charge in [0.1, 0.15) is 5.75 Å². The van der Waals surface area contributed by atoms with Gasteiger partial charge in [0, 0.05) is 11.7 Å². The second kappa shape index (κ2) is 4.53. The Bertz CT molecular complexity index is 400. The molecule has 1 fully saturated rings. The largest absolute Gasteiger partial charge is 0.508 e. The normalized spacial score (nSPS) is 14.8. The van der Waals surface area contributed by atoms with E-state index < -0.39 is 0 Å². The number of rotatable bonds is 4. The lowest BCUT2D eigenvalue weighted by atomic mass is 10.2. The number of aromatic hydroxyl groups is 1. The Kier molecular flexibility index (Phi) is 3.10. The zero-order valence-electron chi connectivity index (χ0n) is 9.29. The summed E-state index contributed by atoms with van der Waals surface area (Å²) >= 11 is 0. The minimum absolute atomic E-state index is 0.0445. The van der Waals surface area contributed by atoms with Crippen molar-refractivity contribution in [3.63, 3.8) is 0 Å². The number of carbonyl (C=O) groups is 1. The molecule has 1 aromatic rings. The summed E-state index contributed by atoms with van der Waals surface area (Å²) in [6.45, 7) is 2.15. The molecule has 0 bridgehead atoms. The second-order valence-corrected chi connectivity index (χ2v) is 4.20. The lowest BCUT2D eigenvalue weighted by molar-refractivity contribution is -0.115. The summed E-state index contributed by atoms with van der Waals surface area (Å²) in [5.41, 5.74) is 1.48. The molecule has 0 unspecified atom stereocenters. The van der Waals surface area contributed by atoms with Crippen LogP contribution in [0.5, 0.6) is 5.75 Å². The Hall–Kier alpha value is -1.55. The molecular weight excluding hydrogens is 204 g/mol. The van der Waals surface area contributed by atoms with Crippen molar-refractivity contribution in [1.29, 1.82) is 0 Å². The van der Waals surface area contributed by atoms with Gasteiger partial charge in [0.15, 0.2) is 0 Å². The van der Waals surface area contributed by atoms with Gasteiger partial charge in [-0.1, -0.05) is 0 Å². The van der Waals surface area contributed by atoms with Crippen LogP contribution in [0.4, 0.5) is 5.69 Å². The van der Waals surface area contributed by atoms with Crippen LogP contribution in [0.2, 0.25) is 0 Å². The standard InChI is InChI=1S/C12H16N2O2/c1-8-6-10(4-5-11(8)15)14-12(16)7-13-9-2-3-9/h4-6,9,13,15H,2-3,7H2,1H3,(H,14,16). The van der Waals surface area contributed by atoms with Gasteiger partial charge in [-0.15, -0.1) is 0 Å². The first-order valence-corrected chi connectivity index (χ1v) is 5.48. The molecule has 1 amide bonds. The van der Waals surface area contributed by atoms with Crippen LogP contribution in [0.3, 0.4) is 0 Å². The summed E-state index contributed by atoms with van der Waals surface area (Å²) in [6.07, 6.45) is 2.34. The maximum atomic E-state index is 11.5. The van der Waals surface area contributed by atoms with Crippen molar-refractivity contribution in [2.45, 2.75) is 25.8 Å². The van der Waals surface area contributed by atoms with Crippen LogP contribution in [0.25, 0.3) is 0 Å². The van der Waals surface area contributed by atoms with Crippen molar-refractivity contribution in [3.8, 4) is 5.75 Å². The number of nitrogens with one attached hydrogen (secondary N) is 2. The number of benzene rings is 1. The number of carbonyl (C=O) groups excluding carboxylic acids is 1. The second-order valence-electron chi connectivity index (χ2n) is 4.20. The molecule has 0 heterocycles. The molecule has 86 valence electrons. The van der Waals surface area contributed by atoms with Gasteiger partial charge in [0.2, 0.25) is 5.91 Å². The van der Waals surface area contributed by atoms with Gasteiger partial charge in [0.25, 0.3) is 0 Å². The fourth-order valence-corrected chi connectivity index (χ4v) is 1.46. The lowest BCUT2D eigenvalue weighted by Crippen LogP contribution is -2.29. The first-order valence-electron chi connectivity index (χ1n) is 5.48. The fourth-order valence-electron chi connectivity index (χ4n) is 1.46. The van der Waals surface area contributed by atoms with Crippen molar-refractivity contribution in [2.75, 3.05) is 11.9 Å². The van der Waals surface area contributed by atoms with E-state index in [4.69, 9.17) is 0 Å². The van der Waals surface area contributed by atoms with E-state index in [0.29, 0.717) is 12.6 Å². The van der Waals surface area contributed by atoms with Crippen LogP contribution in [0.15, 0.2) is 18.2 Å². The van der Waals surface area contributed by atoms with E-state index in [0.717, 1.165) is 11.3 Å². The van der Waals surface area contributed by atoms with E-state index in [2.05, 4.69) is 10.6 Å². The zero-order valence-corrected chi connectivity index (χ0v) is 9.29. The first-order chi connectivity index (χ1) is 7.65. The van der Waals surface area contributed by atoms with Crippen molar-refractivity contribution in [1.82, 2.24) is 5.32 Å². The summed E-state index contributed by atoms with van der Waals surface area (Å²) in [6, 6.07) is 5.56. The molecule has 1 aliphatic carbocycles. The third kappa shape index (κ3) is 2.97. The predicted octanol–water partition coefficient (Wildman–Crippen LogP) is 1.39. The monoisotopic (exact) mass is 220 g/mol. The van der Waals surface area contributed by atoms with Crippen molar-refractivity contribution >= 4 is 11.6 Å². The molecule has 4 heteroatoms. The van der Waals surface area contributed by atoms with Crippen LogP contribution in [-0.4, -0.2) is 23.6 Å². The average molecular weight is 220 g/mol.